The topological polar surface area (TPSA) is 93.2 Å². The number of hydrogen-bond donors (Lipinski definition) is 2. The number of carbonyl (C=O) groups excluding carboxylic acids is 2. The lowest BCUT2D eigenvalue weighted by atomic mass is 10.1. The van der Waals surface area contributed by atoms with Gasteiger partial charge in [-0.2, -0.15) is 0 Å². The highest BCUT2D eigenvalue weighted by Gasteiger charge is 2.16. The van der Waals surface area contributed by atoms with Crippen molar-refractivity contribution < 1.29 is 18.7 Å². The lowest BCUT2D eigenvalue weighted by Gasteiger charge is -2.11. The number of aromatic nitrogens is 2. The van der Waals surface area contributed by atoms with Gasteiger partial charge in [0, 0.05) is 11.4 Å². The zero-order valence-electron chi connectivity index (χ0n) is 15.2. The van der Waals surface area contributed by atoms with E-state index in [1.165, 1.54) is 37.4 Å². The van der Waals surface area contributed by atoms with Gasteiger partial charge in [-0.15, -0.1) is 0 Å². The van der Waals surface area contributed by atoms with Crippen molar-refractivity contribution in [3.63, 3.8) is 0 Å². The van der Waals surface area contributed by atoms with Gasteiger partial charge >= 0.3 is 5.97 Å². The lowest BCUT2D eigenvalue weighted by Crippen LogP contribution is -2.17. The number of benzene rings is 2. The second-order valence-corrected chi connectivity index (χ2v) is 5.84. The van der Waals surface area contributed by atoms with Gasteiger partial charge in [0.1, 0.15) is 11.5 Å². The Bertz CT molecular complexity index is 1020. The smallest absolute Gasteiger partial charge is 0.339 e. The molecule has 0 aliphatic carbocycles. The minimum Gasteiger partial charge on any atom is -0.465 e. The predicted octanol–water partition coefficient (Wildman–Crippen LogP) is 3.71. The summed E-state index contributed by atoms with van der Waals surface area (Å²) in [5.74, 6) is -1.24. The molecule has 3 aromatic rings. The maximum absolute atomic E-state index is 13.0. The number of anilines is 3. The van der Waals surface area contributed by atoms with Crippen molar-refractivity contribution in [2.24, 2.45) is 0 Å². The normalized spacial score (nSPS) is 10.2. The molecule has 7 nitrogen and oxygen atoms in total. The summed E-state index contributed by atoms with van der Waals surface area (Å²) in [5, 5.41) is 5.59. The summed E-state index contributed by atoms with van der Waals surface area (Å²) in [6, 6.07) is 13.7. The Labute approximate surface area is 160 Å². The van der Waals surface area contributed by atoms with Gasteiger partial charge in [0.25, 0.3) is 5.91 Å². The average molecular weight is 380 g/mol. The lowest BCUT2D eigenvalue weighted by molar-refractivity contribution is 0.0602. The molecule has 3 rings (SSSR count). The van der Waals surface area contributed by atoms with Crippen LogP contribution in [0.5, 0.6) is 0 Å². The van der Waals surface area contributed by atoms with E-state index in [9.17, 15) is 14.0 Å². The van der Waals surface area contributed by atoms with Gasteiger partial charge in [0.2, 0.25) is 5.95 Å². The molecule has 0 aliphatic heterocycles. The van der Waals surface area contributed by atoms with Crippen LogP contribution >= 0.6 is 0 Å². The van der Waals surface area contributed by atoms with Crippen LogP contribution in [-0.2, 0) is 4.74 Å². The molecule has 2 aromatic carbocycles. The molecule has 0 saturated carbocycles. The molecular formula is C20H17FN4O3. The van der Waals surface area contributed by atoms with Crippen molar-refractivity contribution in [3.8, 4) is 0 Å². The predicted molar refractivity (Wildman–Crippen MR) is 102 cm³/mol. The fourth-order valence-corrected chi connectivity index (χ4v) is 2.47. The van der Waals surface area contributed by atoms with E-state index >= 15 is 0 Å². The molecular weight excluding hydrogens is 363 g/mol. The van der Waals surface area contributed by atoms with Crippen LogP contribution in [0.3, 0.4) is 0 Å². The first-order valence-corrected chi connectivity index (χ1v) is 8.33. The minimum atomic E-state index is -0.562. The number of hydrogen-bond acceptors (Lipinski definition) is 6. The first kappa shape index (κ1) is 19.0. The summed E-state index contributed by atoms with van der Waals surface area (Å²) in [6.45, 7) is 1.72. The Morgan fingerprint density at radius 2 is 1.75 bits per heavy atom. The van der Waals surface area contributed by atoms with Crippen LogP contribution in [0.4, 0.5) is 21.7 Å². The van der Waals surface area contributed by atoms with Gasteiger partial charge in [0.15, 0.2) is 0 Å². The molecule has 142 valence electrons. The Kier molecular flexibility index (Phi) is 5.59. The summed E-state index contributed by atoms with van der Waals surface area (Å²) in [4.78, 5) is 32.9. The molecule has 1 heterocycles. The molecule has 1 amide bonds. The zero-order chi connectivity index (χ0) is 20.1. The van der Waals surface area contributed by atoms with E-state index < -0.39 is 11.9 Å². The molecule has 0 bridgehead atoms. The van der Waals surface area contributed by atoms with E-state index in [0.29, 0.717) is 17.1 Å². The molecule has 0 spiro atoms. The minimum absolute atomic E-state index is 0.108. The first-order chi connectivity index (χ1) is 13.5. The molecule has 0 fully saturated rings. The number of halogens is 1. The Balaban J connectivity index is 1.84. The van der Waals surface area contributed by atoms with E-state index in [-0.39, 0.29) is 23.0 Å². The second kappa shape index (κ2) is 8.26. The molecule has 8 heteroatoms. The maximum atomic E-state index is 13.0. The molecule has 0 aliphatic rings. The van der Waals surface area contributed by atoms with Crippen molar-refractivity contribution in [1.29, 1.82) is 0 Å². The third-order valence-corrected chi connectivity index (χ3v) is 3.77. The van der Waals surface area contributed by atoms with Gasteiger partial charge in [-0.05, 0) is 49.4 Å². The number of nitrogens with zero attached hydrogens (tertiary/aromatic N) is 2. The number of rotatable bonds is 5. The van der Waals surface area contributed by atoms with E-state index in [2.05, 4.69) is 20.6 Å². The van der Waals surface area contributed by atoms with Crippen LogP contribution in [0.15, 0.2) is 54.6 Å². The van der Waals surface area contributed by atoms with E-state index in [1.54, 1.807) is 31.2 Å². The maximum Gasteiger partial charge on any atom is 0.339 e. The summed E-state index contributed by atoms with van der Waals surface area (Å²) in [7, 11) is 1.27. The third-order valence-electron chi connectivity index (χ3n) is 3.77. The Morgan fingerprint density at radius 1 is 1.04 bits per heavy atom. The Morgan fingerprint density at radius 3 is 2.46 bits per heavy atom. The van der Waals surface area contributed by atoms with Crippen molar-refractivity contribution in [2.75, 3.05) is 17.7 Å². The number of amides is 1. The van der Waals surface area contributed by atoms with Crippen LogP contribution in [0.25, 0.3) is 0 Å². The van der Waals surface area contributed by atoms with Crippen LogP contribution in [0, 0.1) is 12.7 Å². The Hall–Kier alpha value is -3.81. The first-order valence-electron chi connectivity index (χ1n) is 8.33. The van der Waals surface area contributed by atoms with Crippen LogP contribution in [-0.4, -0.2) is 29.0 Å². The van der Waals surface area contributed by atoms with Crippen molar-refractivity contribution in [1.82, 2.24) is 9.97 Å². The number of nitrogens with one attached hydrogen (secondary N) is 2. The SMILES string of the molecule is COC(=O)c1ccccc1NC(=O)c1cc(C)nc(Nc2ccc(F)cc2)n1. The summed E-state index contributed by atoms with van der Waals surface area (Å²) in [6.07, 6.45) is 0. The molecule has 0 radical (unpaired) electrons. The number of ether oxygens (including phenoxy) is 1. The summed E-state index contributed by atoms with van der Waals surface area (Å²) < 4.78 is 17.8. The van der Waals surface area contributed by atoms with Crippen molar-refractivity contribution >= 4 is 29.2 Å². The number of para-hydroxylation sites is 1. The standard InChI is InChI=1S/C20H17FN4O3/c1-12-11-17(25-20(22-12)23-14-9-7-13(21)8-10-14)18(26)24-16-6-4-3-5-15(16)19(27)28-2/h3-11H,1-2H3,(H,24,26)(H,22,23,25). The largest absolute Gasteiger partial charge is 0.465 e. The van der Waals surface area contributed by atoms with Crippen LogP contribution in [0.1, 0.15) is 26.5 Å². The highest BCUT2D eigenvalue weighted by atomic mass is 19.1. The monoisotopic (exact) mass is 380 g/mol. The fraction of sp³-hybridized carbons (Fsp3) is 0.100. The molecule has 0 unspecified atom stereocenters. The number of methoxy groups -OCH3 is 1. The van der Waals surface area contributed by atoms with Gasteiger partial charge in [-0.1, -0.05) is 12.1 Å². The zero-order valence-corrected chi connectivity index (χ0v) is 15.2. The fourth-order valence-electron chi connectivity index (χ4n) is 2.47. The highest BCUT2D eigenvalue weighted by molar-refractivity contribution is 6.07. The molecule has 1 aromatic heterocycles. The molecule has 2 N–H and O–H groups in total. The van der Waals surface area contributed by atoms with Gasteiger partial charge < -0.3 is 15.4 Å². The number of carbonyl (C=O) groups is 2. The average Bonchev–Trinajstić information content (AvgIpc) is 2.69. The molecule has 0 atom stereocenters. The molecule has 0 saturated heterocycles. The van der Waals surface area contributed by atoms with Crippen molar-refractivity contribution in [2.45, 2.75) is 6.92 Å². The number of aryl methyl sites for hydroxylation is 1. The highest BCUT2D eigenvalue weighted by Crippen LogP contribution is 2.18. The van der Waals surface area contributed by atoms with E-state index in [4.69, 9.17) is 4.74 Å². The van der Waals surface area contributed by atoms with Gasteiger partial charge in [-0.3, -0.25) is 4.79 Å². The van der Waals surface area contributed by atoms with Gasteiger partial charge in [0.05, 0.1) is 18.4 Å². The summed E-state index contributed by atoms with van der Waals surface area (Å²) in [5.41, 5.74) is 1.79. The van der Waals surface area contributed by atoms with Crippen LogP contribution in [0.2, 0.25) is 0 Å². The summed E-state index contributed by atoms with van der Waals surface area (Å²) >= 11 is 0. The quantitative estimate of drug-likeness (QED) is 0.656. The van der Waals surface area contributed by atoms with Crippen LogP contribution < -0.4 is 10.6 Å². The third kappa shape index (κ3) is 4.47. The van der Waals surface area contributed by atoms with E-state index in [0.717, 1.165) is 0 Å². The van der Waals surface area contributed by atoms with E-state index in [1.807, 2.05) is 0 Å². The van der Waals surface area contributed by atoms with Crippen molar-refractivity contribution in [3.05, 3.63) is 77.4 Å². The number of esters is 1. The molecule has 28 heavy (non-hydrogen) atoms. The van der Waals surface area contributed by atoms with Gasteiger partial charge in [-0.25, -0.2) is 19.2 Å². The second-order valence-electron chi connectivity index (χ2n) is 5.84.